The van der Waals surface area contributed by atoms with Gasteiger partial charge in [-0.05, 0) is 47.7 Å². The van der Waals surface area contributed by atoms with E-state index in [0.717, 1.165) is 22.2 Å². The molecule has 2 aromatic rings. The van der Waals surface area contributed by atoms with Gasteiger partial charge in [-0.3, -0.25) is 19.3 Å². The maximum absolute atomic E-state index is 12.4. The van der Waals surface area contributed by atoms with Gasteiger partial charge in [0.2, 0.25) is 0 Å². The van der Waals surface area contributed by atoms with Crippen molar-refractivity contribution in [3.05, 3.63) is 70.6 Å². The zero-order valence-corrected chi connectivity index (χ0v) is 15.5. The molecule has 3 rings (SSSR count). The Hall–Kier alpha value is -3.06. The van der Waals surface area contributed by atoms with Crippen LogP contribution >= 0.6 is 11.8 Å². The molecule has 0 atom stereocenters. The first-order chi connectivity index (χ1) is 13.1. The summed E-state index contributed by atoms with van der Waals surface area (Å²) in [7, 11) is 1.55. The maximum atomic E-state index is 12.4. The number of methoxy groups -OCH3 is 1. The third-order valence-electron chi connectivity index (χ3n) is 3.94. The average molecular weight is 382 g/mol. The standard InChI is InChI=1S/C20H18N2O4S/c1-26-16-9-7-15(8-10-16)18(23)21-11-12-22-19(24)17(27-20(22)25)13-14-5-3-2-4-6-14/h2-10,13H,11-12H2,1H3,(H,21,23). The summed E-state index contributed by atoms with van der Waals surface area (Å²) in [5, 5.41) is 2.38. The van der Waals surface area contributed by atoms with E-state index in [1.54, 1.807) is 37.5 Å². The first-order valence-electron chi connectivity index (χ1n) is 8.31. The van der Waals surface area contributed by atoms with Crippen molar-refractivity contribution in [3.63, 3.8) is 0 Å². The van der Waals surface area contributed by atoms with Gasteiger partial charge in [0.1, 0.15) is 5.75 Å². The van der Waals surface area contributed by atoms with Crippen LogP contribution in [0.1, 0.15) is 15.9 Å². The number of amides is 3. The minimum absolute atomic E-state index is 0.124. The molecule has 1 heterocycles. The summed E-state index contributed by atoms with van der Waals surface area (Å²) in [6, 6.07) is 16.0. The first kappa shape index (κ1) is 18.7. The molecule has 1 aliphatic rings. The summed E-state index contributed by atoms with van der Waals surface area (Å²) in [5.74, 6) is 0.0477. The number of nitrogens with one attached hydrogen (secondary N) is 1. The van der Waals surface area contributed by atoms with Gasteiger partial charge in [0.25, 0.3) is 17.1 Å². The smallest absolute Gasteiger partial charge is 0.293 e. The maximum Gasteiger partial charge on any atom is 0.293 e. The summed E-state index contributed by atoms with van der Waals surface area (Å²) >= 11 is 0.908. The van der Waals surface area contributed by atoms with Crippen molar-refractivity contribution < 1.29 is 19.1 Å². The summed E-state index contributed by atoms with van der Waals surface area (Å²) in [6.45, 7) is 0.306. The predicted octanol–water partition coefficient (Wildman–Crippen LogP) is 3.16. The molecule has 0 bridgehead atoms. The van der Waals surface area contributed by atoms with E-state index in [4.69, 9.17) is 4.74 Å². The molecule has 27 heavy (non-hydrogen) atoms. The molecule has 0 unspecified atom stereocenters. The van der Waals surface area contributed by atoms with Crippen molar-refractivity contribution in [2.24, 2.45) is 0 Å². The Bertz CT molecular complexity index is 879. The van der Waals surface area contributed by atoms with Crippen LogP contribution in [0.5, 0.6) is 5.75 Å². The van der Waals surface area contributed by atoms with Crippen LogP contribution in [0.15, 0.2) is 59.5 Å². The van der Waals surface area contributed by atoms with Crippen LogP contribution in [0, 0.1) is 0 Å². The Morgan fingerprint density at radius 3 is 2.48 bits per heavy atom. The molecule has 3 amide bonds. The monoisotopic (exact) mass is 382 g/mol. The second-order valence-electron chi connectivity index (χ2n) is 5.73. The lowest BCUT2D eigenvalue weighted by Crippen LogP contribution is -2.37. The lowest BCUT2D eigenvalue weighted by molar-refractivity contribution is -0.122. The molecule has 1 N–H and O–H groups in total. The van der Waals surface area contributed by atoms with Gasteiger partial charge in [0.05, 0.1) is 12.0 Å². The van der Waals surface area contributed by atoms with Crippen LogP contribution in [0.2, 0.25) is 0 Å². The highest BCUT2D eigenvalue weighted by Crippen LogP contribution is 2.31. The quantitative estimate of drug-likeness (QED) is 0.777. The van der Waals surface area contributed by atoms with Crippen molar-refractivity contribution >= 4 is 34.9 Å². The minimum Gasteiger partial charge on any atom is -0.497 e. The van der Waals surface area contributed by atoms with E-state index in [2.05, 4.69) is 5.32 Å². The number of hydrogen-bond donors (Lipinski definition) is 1. The van der Waals surface area contributed by atoms with Gasteiger partial charge < -0.3 is 10.1 Å². The molecule has 0 aromatic heterocycles. The molecule has 138 valence electrons. The van der Waals surface area contributed by atoms with Gasteiger partial charge in [0, 0.05) is 18.7 Å². The van der Waals surface area contributed by atoms with E-state index in [1.165, 1.54) is 0 Å². The van der Waals surface area contributed by atoms with Gasteiger partial charge in [-0.15, -0.1) is 0 Å². The SMILES string of the molecule is COc1ccc(C(=O)NCCN2C(=O)SC(=Cc3ccccc3)C2=O)cc1. The molecule has 0 saturated carbocycles. The second kappa shape index (κ2) is 8.55. The van der Waals surface area contributed by atoms with Crippen LogP contribution in [-0.2, 0) is 4.79 Å². The van der Waals surface area contributed by atoms with Crippen molar-refractivity contribution in [3.8, 4) is 5.75 Å². The first-order valence-corrected chi connectivity index (χ1v) is 9.13. The van der Waals surface area contributed by atoms with Gasteiger partial charge in [0.15, 0.2) is 0 Å². The Balaban J connectivity index is 1.56. The topological polar surface area (TPSA) is 75.7 Å². The van der Waals surface area contributed by atoms with Crippen molar-refractivity contribution in [2.75, 3.05) is 20.2 Å². The fourth-order valence-corrected chi connectivity index (χ4v) is 3.38. The fourth-order valence-electron chi connectivity index (χ4n) is 2.52. The zero-order valence-electron chi connectivity index (χ0n) is 14.7. The molecule has 6 nitrogen and oxygen atoms in total. The molecular weight excluding hydrogens is 364 g/mol. The van der Waals surface area contributed by atoms with E-state index < -0.39 is 0 Å². The third-order valence-corrected chi connectivity index (χ3v) is 4.85. The Labute approximate surface area is 161 Å². The van der Waals surface area contributed by atoms with Crippen LogP contribution in [-0.4, -0.2) is 42.2 Å². The second-order valence-corrected chi connectivity index (χ2v) is 6.72. The molecule has 0 radical (unpaired) electrons. The normalized spacial score (nSPS) is 15.3. The highest BCUT2D eigenvalue weighted by atomic mass is 32.2. The van der Waals surface area contributed by atoms with Crippen molar-refractivity contribution in [2.45, 2.75) is 0 Å². The van der Waals surface area contributed by atoms with Crippen LogP contribution in [0.4, 0.5) is 4.79 Å². The number of imide groups is 1. The molecular formula is C20H18N2O4S. The van der Waals surface area contributed by atoms with Gasteiger partial charge in [-0.2, -0.15) is 0 Å². The molecule has 2 aromatic carbocycles. The number of benzene rings is 2. The number of hydrogen-bond acceptors (Lipinski definition) is 5. The third kappa shape index (κ3) is 4.57. The van der Waals surface area contributed by atoms with Crippen molar-refractivity contribution in [1.29, 1.82) is 0 Å². The summed E-state index contributed by atoms with van der Waals surface area (Å²) in [6.07, 6.45) is 1.70. The number of ether oxygens (including phenoxy) is 1. The summed E-state index contributed by atoms with van der Waals surface area (Å²) in [4.78, 5) is 38.2. The van der Waals surface area contributed by atoms with Gasteiger partial charge in [-0.1, -0.05) is 30.3 Å². The Morgan fingerprint density at radius 2 is 1.81 bits per heavy atom. The molecule has 7 heteroatoms. The van der Waals surface area contributed by atoms with E-state index >= 15 is 0 Å². The Morgan fingerprint density at radius 1 is 1.11 bits per heavy atom. The highest BCUT2D eigenvalue weighted by Gasteiger charge is 2.34. The fraction of sp³-hybridized carbons (Fsp3) is 0.150. The lowest BCUT2D eigenvalue weighted by atomic mass is 10.2. The summed E-state index contributed by atoms with van der Waals surface area (Å²) in [5.41, 5.74) is 1.34. The molecule has 1 saturated heterocycles. The molecule has 0 aliphatic carbocycles. The van der Waals surface area contributed by atoms with Crippen molar-refractivity contribution in [1.82, 2.24) is 10.2 Å². The molecule has 1 fully saturated rings. The number of carbonyl (C=O) groups excluding carboxylic acids is 3. The number of rotatable bonds is 6. The van der Waals surface area contributed by atoms with E-state index in [-0.39, 0.29) is 30.1 Å². The number of thioether (sulfide) groups is 1. The largest absolute Gasteiger partial charge is 0.497 e. The number of carbonyl (C=O) groups is 3. The Kier molecular flexibility index (Phi) is 5.93. The van der Waals surface area contributed by atoms with Gasteiger partial charge in [-0.25, -0.2) is 0 Å². The van der Waals surface area contributed by atoms with Crippen LogP contribution in [0.3, 0.4) is 0 Å². The minimum atomic E-state index is -0.340. The highest BCUT2D eigenvalue weighted by molar-refractivity contribution is 8.18. The average Bonchev–Trinajstić information content (AvgIpc) is 2.96. The number of nitrogens with zero attached hydrogens (tertiary/aromatic N) is 1. The zero-order chi connectivity index (χ0) is 19.2. The molecule has 0 spiro atoms. The van der Waals surface area contributed by atoms with Gasteiger partial charge >= 0.3 is 0 Å². The molecule has 1 aliphatic heterocycles. The summed E-state index contributed by atoms with van der Waals surface area (Å²) < 4.78 is 5.05. The van der Waals surface area contributed by atoms with E-state index in [0.29, 0.717) is 16.2 Å². The lowest BCUT2D eigenvalue weighted by Gasteiger charge is -2.13. The van der Waals surface area contributed by atoms with E-state index in [9.17, 15) is 14.4 Å². The predicted molar refractivity (Wildman–Crippen MR) is 104 cm³/mol. The van der Waals surface area contributed by atoms with Crippen LogP contribution in [0.25, 0.3) is 6.08 Å². The van der Waals surface area contributed by atoms with E-state index in [1.807, 2.05) is 30.3 Å². The van der Waals surface area contributed by atoms with Crippen LogP contribution < -0.4 is 10.1 Å².